The first kappa shape index (κ1) is 12.6. The molecule has 3 heterocycles. The lowest BCUT2D eigenvalue weighted by Crippen LogP contribution is -2.03. The van der Waals surface area contributed by atoms with E-state index in [2.05, 4.69) is 40.3 Å². The summed E-state index contributed by atoms with van der Waals surface area (Å²) < 4.78 is 1.87. The number of nitrogens with one attached hydrogen (secondary N) is 1. The minimum atomic E-state index is 0.406. The van der Waals surface area contributed by atoms with Gasteiger partial charge in [0.25, 0.3) is 0 Å². The first-order valence-corrected chi connectivity index (χ1v) is 6.71. The Bertz CT molecular complexity index is 703. The summed E-state index contributed by atoms with van der Waals surface area (Å²) in [5, 5.41) is 7.91. The molecule has 0 aliphatic carbocycles. The lowest BCUT2D eigenvalue weighted by atomic mass is 10.1. The molecule has 0 unspecified atom stereocenters. The van der Waals surface area contributed by atoms with Crippen molar-refractivity contribution in [3.8, 4) is 0 Å². The summed E-state index contributed by atoms with van der Waals surface area (Å²) in [7, 11) is 0. The van der Waals surface area contributed by atoms with Crippen LogP contribution in [-0.2, 0) is 6.54 Å². The molecule has 102 valence electrons. The van der Waals surface area contributed by atoms with Crippen molar-refractivity contribution in [1.29, 1.82) is 0 Å². The number of rotatable bonds is 4. The second-order valence-corrected chi connectivity index (χ2v) is 5.04. The predicted molar refractivity (Wildman–Crippen MR) is 78.6 cm³/mol. The number of nitrogens with zero attached hydrogens (tertiary/aromatic N) is 4. The first-order valence-electron chi connectivity index (χ1n) is 6.71. The van der Waals surface area contributed by atoms with Crippen LogP contribution in [0.5, 0.6) is 0 Å². The highest BCUT2D eigenvalue weighted by atomic mass is 15.2. The number of hydrogen-bond acceptors (Lipinski definition) is 4. The molecule has 3 rings (SSSR count). The molecule has 5 heteroatoms. The molecule has 0 fully saturated rings. The van der Waals surface area contributed by atoms with Crippen LogP contribution in [0.3, 0.4) is 0 Å². The zero-order valence-corrected chi connectivity index (χ0v) is 11.6. The van der Waals surface area contributed by atoms with Crippen molar-refractivity contribution in [2.24, 2.45) is 0 Å². The van der Waals surface area contributed by atoms with Crippen LogP contribution in [-0.4, -0.2) is 19.6 Å². The molecule has 3 aromatic heterocycles. The van der Waals surface area contributed by atoms with E-state index < -0.39 is 0 Å². The van der Waals surface area contributed by atoms with E-state index in [4.69, 9.17) is 0 Å². The Morgan fingerprint density at radius 3 is 2.75 bits per heavy atom. The molecule has 0 amide bonds. The fourth-order valence-electron chi connectivity index (χ4n) is 2.05. The van der Waals surface area contributed by atoms with Gasteiger partial charge < -0.3 is 5.32 Å². The van der Waals surface area contributed by atoms with Crippen molar-refractivity contribution in [3.05, 3.63) is 54.2 Å². The average molecular weight is 267 g/mol. The summed E-state index contributed by atoms with van der Waals surface area (Å²) in [5.41, 5.74) is 3.25. The van der Waals surface area contributed by atoms with Gasteiger partial charge in [0.05, 0.1) is 5.69 Å². The largest absolute Gasteiger partial charge is 0.364 e. The molecule has 0 aromatic carbocycles. The maximum Gasteiger partial charge on any atom is 0.152 e. The highest BCUT2D eigenvalue weighted by Gasteiger charge is 2.09. The number of hydrogen-bond donors (Lipinski definition) is 1. The molecule has 20 heavy (non-hydrogen) atoms. The van der Waals surface area contributed by atoms with Gasteiger partial charge in [-0.25, -0.2) is 9.50 Å². The van der Waals surface area contributed by atoms with Gasteiger partial charge in [0.15, 0.2) is 5.82 Å². The van der Waals surface area contributed by atoms with E-state index >= 15 is 0 Å². The number of fused-ring (bicyclic) bond motifs is 1. The summed E-state index contributed by atoms with van der Waals surface area (Å²) in [6.07, 6.45) is 7.22. The van der Waals surface area contributed by atoms with Crippen LogP contribution in [0.2, 0.25) is 0 Å². The number of anilines is 1. The van der Waals surface area contributed by atoms with Gasteiger partial charge in [-0.15, -0.1) is 0 Å². The molecule has 0 radical (unpaired) electrons. The molecule has 0 aliphatic heterocycles. The van der Waals surface area contributed by atoms with E-state index in [9.17, 15) is 0 Å². The van der Waals surface area contributed by atoms with Gasteiger partial charge in [-0.05, 0) is 29.7 Å². The van der Waals surface area contributed by atoms with Crippen LogP contribution in [0.1, 0.15) is 31.0 Å². The van der Waals surface area contributed by atoms with Crippen LogP contribution in [0.25, 0.3) is 5.52 Å². The minimum absolute atomic E-state index is 0.406. The standard InChI is InChI=1S/C15H17N5/c1-11(2)13-9-14-15(17-7-8-20(14)19-13)18-10-12-3-5-16-6-4-12/h3-9,11H,10H2,1-2H3,(H,17,18). The average Bonchev–Trinajstić information content (AvgIpc) is 2.91. The third-order valence-electron chi connectivity index (χ3n) is 3.21. The van der Waals surface area contributed by atoms with Crippen LogP contribution < -0.4 is 5.32 Å². The normalized spacial score (nSPS) is 11.2. The SMILES string of the molecule is CC(C)c1cc2c(NCc3ccncc3)nccn2n1. The Kier molecular flexibility index (Phi) is 3.33. The fourth-order valence-corrected chi connectivity index (χ4v) is 2.05. The van der Waals surface area contributed by atoms with Crippen LogP contribution in [0.15, 0.2) is 43.0 Å². The molecule has 0 saturated carbocycles. The van der Waals surface area contributed by atoms with Gasteiger partial charge in [-0.1, -0.05) is 13.8 Å². The molecular formula is C15H17N5. The highest BCUT2D eigenvalue weighted by molar-refractivity contribution is 5.67. The highest BCUT2D eigenvalue weighted by Crippen LogP contribution is 2.20. The van der Waals surface area contributed by atoms with Gasteiger partial charge in [0.2, 0.25) is 0 Å². The van der Waals surface area contributed by atoms with Crippen molar-refractivity contribution in [2.75, 3.05) is 5.32 Å². The number of pyridine rings is 1. The van der Waals surface area contributed by atoms with Gasteiger partial charge in [0.1, 0.15) is 5.52 Å². The van der Waals surface area contributed by atoms with Crippen molar-refractivity contribution in [3.63, 3.8) is 0 Å². The van der Waals surface area contributed by atoms with E-state index in [1.165, 1.54) is 5.56 Å². The molecule has 0 saturated heterocycles. The van der Waals surface area contributed by atoms with Gasteiger partial charge in [0, 0.05) is 31.3 Å². The topological polar surface area (TPSA) is 55.1 Å². The molecule has 3 aromatic rings. The van der Waals surface area contributed by atoms with Gasteiger partial charge in [-0.2, -0.15) is 5.10 Å². The Hall–Kier alpha value is -2.43. The summed E-state index contributed by atoms with van der Waals surface area (Å²) in [5.74, 6) is 1.26. The van der Waals surface area contributed by atoms with E-state index in [-0.39, 0.29) is 0 Å². The first-order chi connectivity index (χ1) is 9.74. The molecular weight excluding hydrogens is 250 g/mol. The minimum Gasteiger partial charge on any atom is -0.364 e. The van der Waals surface area contributed by atoms with Crippen LogP contribution >= 0.6 is 0 Å². The van der Waals surface area contributed by atoms with E-state index in [1.807, 2.05) is 22.8 Å². The Morgan fingerprint density at radius 2 is 2.00 bits per heavy atom. The van der Waals surface area contributed by atoms with Crippen molar-refractivity contribution in [1.82, 2.24) is 19.6 Å². The van der Waals surface area contributed by atoms with Crippen molar-refractivity contribution in [2.45, 2.75) is 26.3 Å². The third kappa shape index (κ3) is 2.47. The Balaban J connectivity index is 1.87. The van der Waals surface area contributed by atoms with E-state index in [0.717, 1.165) is 23.6 Å². The lowest BCUT2D eigenvalue weighted by molar-refractivity contribution is 0.787. The molecule has 0 spiro atoms. The zero-order chi connectivity index (χ0) is 13.9. The van der Waals surface area contributed by atoms with E-state index in [1.54, 1.807) is 18.6 Å². The second kappa shape index (κ2) is 5.28. The van der Waals surface area contributed by atoms with Crippen LogP contribution in [0.4, 0.5) is 5.82 Å². The summed E-state index contributed by atoms with van der Waals surface area (Å²) in [6.45, 7) is 5.00. The third-order valence-corrected chi connectivity index (χ3v) is 3.21. The zero-order valence-electron chi connectivity index (χ0n) is 11.6. The van der Waals surface area contributed by atoms with Crippen molar-refractivity contribution < 1.29 is 0 Å². The fraction of sp³-hybridized carbons (Fsp3) is 0.267. The molecule has 0 aliphatic rings. The van der Waals surface area contributed by atoms with Gasteiger partial charge >= 0.3 is 0 Å². The monoisotopic (exact) mass is 267 g/mol. The molecule has 1 N–H and O–H groups in total. The van der Waals surface area contributed by atoms with Gasteiger partial charge in [-0.3, -0.25) is 4.98 Å². The van der Waals surface area contributed by atoms with Crippen LogP contribution in [0, 0.1) is 0 Å². The lowest BCUT2D eigenvalue weighted by Gasteiger charge is -2.06. The number of aromatic nitrogens is 4. The Morgan fingerprint density at radius 1 is 1.20 bits per heavy atom. The smallest absolute Gasteiger partial charge is 0.152 e. The maximum absolute atomic E-state index is 4.55. The predicted octanol–water partition coefficient (Wildman–Crippen LogP) is 2.86. The van der Waals surface area contributed by atoms with Crippen molar-refractivity contribution >= 4 is 11.3 Å². The molecule has 0 atom stereocenters. The maximum atomic E-state index is 4.55. The summed E-state index contributed by atoms with van der Waals surface area (Å²) >= 11 is 0. The molecule has 0 bridgehead atoms. The quantitative estimate of drug-likeness (QED) is 0.789. The van der Waals surface area contributed by atoms with E-state index in [0.29, 0.717) is 5.92 Å². The summed E-state index contributed by atoms with van der Waals surface area (Å²) in [6, 6.07) is 6.07. The second-order valence-electron chi connectivity index (χ2n) is 5.04. The molecule has 5 nitrogen and oxygen atoms in total. The summed E-state index contributed by atoms with van der Waals surface area (Å²) in [4.78, 5) is 8.42. The Labute approximate surface area is 117 Å².